The van der Waals surface area contributed by atoms with Crippen LogP contribution in [-0.4, -0.2) is 76.2 Å². The number of rotatable bonds is 7. The van der Waals surface area contributed by atoms with Crippen molar-refractivity contribution < 1.29 is 13.8 Å². The largest absolute Gasteiger partial charge is 0.378 e. The van der Waals surface area contributed by atoms with Crippen LogP contribution >= 0.6 is 0 Å². The second-order valence-corrected chi connectivity index (χ2v) is 11.4. The number of likely N-dealkylation sites (N-methyl/N-ethyl adjacent to an activating group) is 1. The van der Waals surface area contributed by atoms with Gasteiger partial charge in [-0.3, -0.25) is 18.7 Å². The Morgan fingerprint density at radius 3 is 2.49 bits per heavy atom. The van der Waals surface area contributed by atoms with Crippen LogP contribution in [0.5, 0.6) is 0 Å². The minimum atomic E-state index is -1.11. The van der Waals surface area contributed by atoms with Gasteiger partial charge in [-0.1, -0.05) is 36.8 Å². The first-order chi connectivity index (χ1) is 17.7. The second kappa shape index (κ2) is 11.5. The highest BCUT2D eigenvalue weighted by Crippen LogP contribution is 2.34. The van der Waals surface area contributed by atoms with Gasteiger partial charge in [0, 0.05) is 63.9 Å². The van der Waals surface area contributed by atoms with Crippen molar-refractivity contribution in [1.82, 2.24) is 14.7 Å². The van der Waals surface area contributed by atoms with E-state index in [0.29, 0.717) is 39.0 Å². The molecule has 1 aromatic rings. The van der Waals surface area contributed by atoms with Gasteiger partial charge >= 0.3 is 0 Å². The van der Waals surface area contributed by atoms with Gasteiger partial charge in [0.1, 0.15) is 5.82 Å². The molecule has 1 N–H and O–H groups in total. The lowest BCUT2D eigenvalue weighted by molar-refractivity contribution is -0.133. The smallest absolute Gasteiger partial charge is 0.255 e. The van der Waals surface area contributed by atoms with Gasteiger partial charge in [-0.2, -0.15) is 0 Å². The maximum absolute atomic E-state index is 13.5. The number of piperazine rings is 1. The highest BCUT2D eigenvalue weighted by Gasteiger charge is 2.31. The first kappa shape index (κ1) is 26.9. The Labute approximate surface area is 223 Å². The summed E-state index contributed by atoms with van der Waals surface area (Å²) in [6.07, 6.45) is 9.97. The van der Waals surface area contributed by atoms with Gasteiger partial charge in [-0.25, -0.2) is 0 Å². The molecule has 1 saturated heterocycles. The fourth-order valence-electron chi connectivity index (χ4n) is 5.27. The van der Waals surface area contributed by atoms with E-state index in [4.69, 9.17) is 0 Å². The molecular weight excluding hydrogens is 484 g/mol. The second-order valence-electron chi connectivity index (χ2n) is 10.0. The Balaban J connectivity index is 1.68. The number of hydrogen-bond acceptors (Lipinski definition) is 5. The number of nitrogens with one attached hydrogen (secondary N) is 1. The highest BCUT2D eigenvalue weighted by atomic mass is 32.2. The monoisotopic (exact) mass is 522 g/mol. The van der Waals surface area contributed by atoms with E-state index in [2.05, 4.69) is 29.3 Å². The maximum atomic E-state index is 13.5. The minimum Gasteiger partial charge on any atom is -0.378 e. The predicted molar refractivity (Wildman–Crippen MR) is 149 cm³/mol. The summed E-state index contributed by atoms with van der Waals surface area (Å²) in [4.78, 5) is 32.5. The lowest BCUT2D eigenvalue weighted by atomic mass is 9.97. The quantitative estimate of drug-likeness (QED) is 0.585. The number of fused-ring (bicyclic) bond motifs is 2. The number of para-hydroxylation sites is 1. The van der Waals surface area contributed by atoms with E-state index in [1.54, 1.807) is 11.2 Å². The standard InChI is InChI=1S/C29H38N4O3S/c1-6-9-28(34)33-14-12-32(13-15-33)27-19-22-18-23(29(35)31(27)4)16-20(2)17-24(22)21(3)30-25-10-7-8-11-26(25)37(5)36/h7-8,10-11,16-17,19,21,30H,6,9,12-15,18H2,1-5H3/t21-,37?/m1/s1. The number of hydrogen-bond donors (Lipinski definition) is 1. The van der Waals surface area contributed by atoms with Crippen molar-refractivity contribution in [2.45, 2.75) is 51.0 Å². The average Bonchev–Trinajstić information content (AvgIpc) is 3.12. The van der Waals surface area contributed by atoms with Gasteiger partial charge in [0.05, 0.1) is 21.4 Å². The summed E-state index contributed by atoms with van der Waals surface area (Å²) in [6, 6.07) is 7.62. The molecule has 4 rings (SSSR count). The van der Waals surface area contributed by atoms with Crippen LogP contribution in [0.3, 0.4) is 0 Å². The van der Waals surface area contributed by atoms with Crippen LogP contribution in [0, 0.1) is 0 Å². The van der Waals surface area contributed by atoms with Crippen molar-refractivity contribution in [2.75, 3.05) is 44.8 Å². The van der Waals surface area contributed by atoms with Gasteiger partial charge < -0.3 is 15.1 Å². The van der Waals surface area contributed by atoms with E-state index < -0.39 is 10.8 Å². The van der Waals surface area contributed by atoms with Crippen molar-refractivity contribution in [3.8, 4) is 0 Å². The number of nitrogens with zero attached hydrogens (tertiary/aromatic N) is 3. The number of amides is 2. The third-order valence-corrected chi connectivity index (χ3v) is 8.19. The van der Waals surface area contributed by atoms with E-state index in [9.17, 15) is 13.8 Å². The van der Waals surface area contributed by atoms with Crippen molar-refractivity contribution in [1.29, 1.82) is 0 Å². The molecule has 1 fully saturated rings. The molecule has 2 bridgehead atoms. The molecule has 198 valence electrons. The predicted octanol–water partition coefficient (Wildman–Crippen LogP) is 4.06. The normalized spacial score (nSPS) is 20.0. The Bertz CT molecular complexity index is 1220. The molecule has 0 radical (unpaired) electrons. The molecule has 2 amide bonds. The van der Waals surface area contributed by atoms with Crippen LogP contribution in [0.2, 0.25) is 0 Å². The van der Waals surface area contributed by atoms with Gasteiger partial charge in [-0.05, 0) is 49.6 Å². The molecule has 1 aromatic carbocycles. The summed E-state index contributed by atoms with van der Waals surface area (Å²) in [5.74, 6) is 1.09. The van der Waals surface area contributed by atoms with Crippen LogP contribution in [0.15, 0.2) is 75.5 Å². The Hall–Kier alpha value is -3.13. The average molecular weight is 523 g/mol. The van der Waals surface area contributed by atoms with E-state index in [1.807, 2.05) is 56.1 Å². The number of carbonyl (C=O) groups is 2. The Morgan fingerprint density at radius 1 is 1.11 bits per heavy atom. The molecule has 2 aliphatic heterocycles. The van der Waals surface area contributed by atoms with Crippen molar-refractivity contribution >= 4 is 28.3 Å². The molecule has 0 aromatic heterocycles. The molecule has 37 heavy (non-hydrogen) atoms. The van der Waals surface area contributed by atoms with Crippen LogP contribution in [0.25, 0.3) is 0 Å². The van der Waals surface area contributed by atoms with Gasteiger partial charge in [-0.15, -0.1) is 0 Å². The Kier molecular flexibility index (Phi) is 8.37. The molecule has 0 saturated carbocycles. The zero-order chi connectivity index (χ0) is 26.7. The maximum Gasteiger partial charge on any atom is 0.255 e. The summed E-state index contributed by atoms with van der Waals surface area (Å²) < 4.78 is 12.3. The number of anilines is 1. The third-order valence-electron chi connectivity index (χ3n) is 7.22. The van der Waals surface area contributed by atoms with Crippen molar-refractivity contribution in [3.63, 3.8) is 0 Å². The summed E-state index contributed by atoms with van der Waals surface area (Å²) >= 11 is 0. The van der Waals surface area contributed by atoms with E-state index in [1.165, 1.54) is 0 Å². The number of allylic oxidation sites excluding steroid dienone is 4. The fourth-order valence-corrected chi connectivity index (χ4v) is 5.97. The zero-order valence-electron chi connectivity index (χ0n) is 22.5. The van der Waals surface area contributed by atoms with Crippen LogP contribution < -0.4 is 5.32 Å². The summed E-state index contributed by atoms with van der Waals surface area (Å²) in [6.45, 7) is 8.87. The van der Waals surface area contributed by atoms with Crippen LogP contribution in [0.4, 0.5) is 5.69 Å². The molecule has 1 unspecified atom stereocenters. The summed E-state index contributed by atoms with van der Waals surface area (Å²) in [5.41, 5.74) is 4.86. The number of benzene rings is 1. The van der Waals surface area contributed by atoms with Gasteiger partial charge in [0.2, 0.25) is 5.91 Å². The highest BCUT2D eigenvalue weighted by molar-refractivity contribution is 7.84. The first-order valence-corrected chi connectivity index (χ1v) is 14.6. The topological polar surface area (TPSA) is 73.0 Å². The minimum absolute atomic E-state index is 0.00655. The first-order valence-electron chi connectivity index (χ1n) is 13.0. The molecule has 1 aliphatic carbocycles. The van der Waals surface area contributed by atoms with Gasteiger partial charge in [0.15, 0.2) is 0 Å². The molecular formula is C29H38N4O3S. The Morgan fingerprint density at radius 2 is 1.81 bits per heavy atom. The lowest BCUT2D eigenvalue weighted by Gasteiger charge is -2.39. The van der Waals surface area contributed by atoms with E-state index in [-0.39, 0.29) is 17.9 Å². The molecule has 2 atom stereocenters. The third kappa shape index (κ3) is 5.90. The fraction of sp³-hybridized carbons (Fsp3) is 0.448. The number of carbonyl (C=O) groups excluding carboxylic acids is 2. The lowest BCUT2D eigenvalue weighted by Crippen LogP contribution is -2.50. The zero-order valence-corrected chi connectivity index (χ0v) is 23.4. The molecule has 8 heteroatoms. The van der Waals surface area contributed by atoms with Crippen molar-refractivity contribution in [3.05, 3.63) is 70.6 Å². The summed E-state index contributed by atoms with van der Waals surface area (Å²) in [7, 11) is 0.733. The molecule has 3 aliphatic rings. The van der Waals surface area contributed by atoms with Crippen molar-refractivity contribution in [2.24, 2.45) is 0 Å². The SMILES string of the molecule is CCCC(=O)N1CCN(C2=CC3=C([C@@H](C)Nc4ccccc4S(C)=O)C=C(C)C=C(C3)C(=O)N2C)CC1. The van der Waals surface area contributed by atoms with Gasteiger partial charge in [0.25, 0.3) is 5.91 Å². The molecule has 2 heterocycles. The molecule has 0 spiro atoms. The molecule has 7 nitrogen and oxygen atoms in total. The van der Waals surface area contributed by atoms with Crippen LogP contribution in [-0.2, 0) is 20.4 Å². The van der Waals surface area contributed by atoms with E-state index >= 15 is 0 Å². The van der Waals surface area contributed by atoms with Crippen LogP contribution in [0.1, 0.15) is 40.0 Å². The summed E-state index contributed by atoms with van der Waals surface area (Å²) in [5, 5.41) is 3.58. The van der Waals surface area contributed by atoms with E-state index in [0.717, 1.165) is 45.1 Å².